The molecule has 6 heteroatoms. The van der Waals surface area contributed by atoms with E-state index in [1.165, 1.54) is 0 Å². The standard InChI is InChI=1S/C33H51NO5/c1-6-7-8-9-10-11-12-13-14-15-16-17-18-19-20-21-22-23-31(36)39-32(37)25-24-30(35)34-29(26-27(2)3)33(38)28(4)5/h7-8,10-11,13-14,16-17,19-20,27-29H,6,9,12,15,18,21-26H2,1-5H3,(H,34,35)/b8-7-,11-10-,14-13-,17-16-,20-19-/t29-/m0/s1. The number of nitrogens with one attached hydrogen (secondary N) is 1. The minimum Gasteiger partial charge on any atom is -0.393 e. The lowest BCUT2D eigenvalue weighted by molar-refractivity contribution is -0.160. The third kappa shape index (κ3) is 22.7. The fourth-order valence-corrected chi connectivity index (χ4v) is 3.56. The van der Waals surface area contributed by atoms with E-state index in [2.05, 4.69) is 66.9 Å². The molecule has 0 aliphatic carbocycles. The van der Waals surface area contributed by atoms with Gasteiger partial charge in [0.15, 0.2) is 5.78 Å². The molecule has 1 N–H and O–H groups in total. The molecular weight excluding hydrogens is 490 g/mol. The van der Waals surface area contributed by atoms with Crippen LogP contribution in [0.2, 0.25) is 0 Å². The molecule has 0 aliphatic rings. The average Bonchev–Trinajstić information content (AvgIpc) is 2.88. The van der Waals surface area contributed by atoms with Crippen molar-refractivity contribution >= 4 is 23.6 Å². The highest BCUT2D eigenvalue weighted by molar-refractivity contribution is 5.92. The average molecular weight is 542 g/mol. The van der Waals surface area contributed by atoms with Crippen LogP contribution in [0.3, 0.4) is 0 Å². The second-order valence-electron chi connectivity index (χ2n) is 10.3. The Morgan fingerprint density at radius 1 is 0.667 bits per heavy atom. The Morgan fingerprint density at radius 2 is 1.15 bits per heavy atom. The van der Waals surface area contributed by atoms with E-state index >= 15 is 0 Å². The Labute approximate surface area is 236 Å². The molecule has 0 heterocycles. The van der Waals surface area contributed by atoms with Gasteiger partial charge in [-0.3, -0.25) is 19.2 Å². The summed E-state index contributed by atoms with van der Waals surface area (Å²) in [6.07, 6.45) is 27.8. The number of ether oxygens (including phenoxy) is 1. The minimum atomic E-state index is -0.722. The first kappa shape index (κ1) is 36.0. The summed E-state index contributed by atoms with van der Waals surface area (Å²) in [5.41, 5.74) is 0. The fourth-order valence-electron chi connectivity index (χ4n) is 3.56. The van der Waals surface area contributed by atoms with Gasteiger partial charge < -0.3 is 10.1 Å². The van der Waals surface area contributed by atoms with Crippen molar-refractivity contribution in [2.24, 2.45) is 11.8 Å². The van der Waals surface area contributed by atoms with Crippen LogP contribution >= 0.6 is 0 Å². The van der Waals surface area contributed by atoms with Crippen molar-refractivity contribution in [3.63, 3.8) is 0 Å². The Kier molecular flexibility index (Phi) is 22.2. The number of ketones is 1. The lowest BCUT2D eigenvalue weighted by Gasteiger charge is -2.21. The van der Waals surface area contributed by atoms with Crippen LogP contribution < -0.4 is 5.32 Å². The summed E-state index contributed by atoms with van der Waals surface area (Å²) in [4.78, 5) is 48.4. The highest BCUT2D eigenvalue weighted by atomic mass is 16.6. The van der Waals surface area contributed by atoms with Crippen LogP contribution in [0.25, 0.3) is 0 Å². The van der Waals surface area contributed by atoms with Crippen molar-refractivity contribution in [2.75, 3.05) is 0 Å². The van der Waals surface area contributed by atoms with E-state index in [0.717, 1.165) is 38.5 Å². The first-order valence-corrected chi connectivity index (χ1v) is 14.5. The van der Waals surface area contributed by atoms with Crippen molar-refractivity contribution in [2.45, 2.75) is 111 Å². The second kappa shape index (κ2) is 24.1. The number of unbranched alkanes of at least 4 members (excludes halogenated alkanes) is 1. The van der Waals surface area contributed by atoms with Gasteiger partial charge in [0, 0.05) is 18.8 Å². The maximum Gasteiger partial charge on any atom is 0.313 e. The largest absolute Gasteiger partial charge is 0.393 e. The van der Waals surface area contributed by atoms with Crippen molar-refractivity contribution in [1.82, 2.24) is 5.32 Å². The van der Waals surface area contributed by atoms with Gasteiger partial charge in [-0.05, 0) is 57.3 Å². The molecule has 218 valence electrons. The molecule has 0 aromatic rings. The van der Waals surface area contributed by atoms with Crippen molar-refractivity contribution in [3.05, 3.63) is 60.8 Å². The maximum absolute atomic E-state index is 12.3. The fraction of sp³-hybridized carbons (Fsp3) is 0.576. The minimum absolute atomic E-state index is 0.0256. The summed E-state index contributed by atoms with van der Waals surface area (Å²) in [6.45, 7) is 9.70. The van der Waals surface area contributed by atoms with Gasteiger partial charge >= 0.3 is 11.9 Å². The summed E-state index contributed by atoms with van der Waals surface area (Å²) < 4.78 is 4.81. The molecule has 0 saturated heterocycles. The van der Waals surface area contributed by atoms with Crippen LogP contribution in [0.15, 0.2) is 60.8 Å². The number of amides is 1. The lowest BCUT2D eigenvalue weighted by Crippen LogP contribution is -2.43. The monoisotopic (exact) mass is 541 g/mol. The number of hydrogen-bond acceptors (Lipinski definition) is 5. The number of Topliss-reactive ketones (excluding diaryl/α,β-unsaturated/α-hetero) is 1. The van der Waals surface area contributed by atoms with Gasteiger partial charge in [0.25, 0.3) is 0 Å². The molecule has 0 spiro atoms. The molecular formula is C33H51NO5. The number of allylic oxidation sites excluding steroid dienone is 10. The van der Waals surface area contributed by atoms with Gasteiger partial charge in [0.2, 0.25) is 5.91 Å². The molecule has 0 aromatic heterocycles. The molecule has 0 bridgehead atoms. The molecule has 0 rings (SSSR count). The quantitative estimate of drug-likeness (QED) is 0.0703. The molecule has 0 radical (unpaired) electrons. The number of carbonyl (C=O) groups is 4. The van der Waals surface area contributed by atoms with E-state index in [-0.39, 0.29) is 36.9 Å². The predicted octanol–water partition coefficient (Wildman–Crippen LogP) is 7.51. The SMILES string of the molecule is CC/C=C\C/C=C\C/C=C\C/C=C\C/C=C\CCCC(=O)OC(=O)CCC(=O)N[C@@H](CC(C)C)C(=O)C(C)C. The number of hydrogen-bond donors (Lipinski definition) is 1. The summed E-state index contributed by atoms with van der Waals surface area (Å²) in [5, 5.41) is 2.72. The summed E-state index contributed by atoms with van der Waals surface area (Å²) >= 11 is 0. The zero-order valence-corrected chi connectivity index (χ0v) is 24.8. The highest BCUT2D eigenvalue weighted by Gasteiger charge is 2.24. The third-order valence-electron chi connectivity index (χ3n) is 5.65. The van der Waals surface area contributed by atoms with Gasteiger partial charge in [-0.2, -0.15) is 0 Å². The molecule has 0 aliphatic heterocycles. The predicted molar refractivity (Wildman–Crippen MR) is 160 cm³/mol. The summed E-state index contributed by atoms with van der Waals surface area (Å²) in [7, 11) is 0. The zero-order chi connectivity index (χ0) is 29.3. The van der Waals surface area contributed by atoms with E-state index in [0.29, 0.717) is 12.8 Å². The molecule has 1 amide bonds. The number of rotatable bonds is 21. The van der Waals surface area contributed by atoms with Crippen LogP contribution in [0.4, 0.5) is 0 Å². The Balaban J connectivity index is 3.99. The highest BCUT2D eigenvalue weighted by Crippen LogP contribution is 2.11. The second-order valence-corrected chi connectivity index (χ2v) is 10.3. The molecule has 0 saturated carbocycles. The molecule has 0 aromatic carbocycles. The molecule has 0 fully saturated rings. The van der Waals surface area contributed by atoms with Crippen molar-refractivity contribution in [3.8, 4) is 0 Å². The van der Waals surface area contributed by atoms with Crippen molar-refractivity contribution in [1.29, 1.82) is 0 Å². The molecule has 1 atom stereocenters. The smallest absolute Gasteiger partial charge is 0.313 e. The first-order chi connectivity index (χ1) is 18.7. The normalized spacial score (nSPS) is 13.1. The van der Waals surface area contributed by atoms with Crippen LogP contribution in [-0.2, 0) is 23.9 Å². The summed E-state index contributed by atoms with van der Waals surface area (Å²) in [6, 6.07) is -0.564. The van der Waals surface area contributed by atoms with Crippen LogP contribution in [0, 0.1) is 11.8 Å². The van der Waals surface area contributed by atoms with E-state index in [9.17, 15) is 19.2 Å². The van der Waals surface area contributed by atoms with E-state index < -0.39 is 23.9 Å². The Bertz CT molecular complexity index is 861. The molecule has 6 nitrogen and oxygen atoms in total. The zero-order valence-electron chi connectivity index (χ0n) is 24.8. The van der Waals surface area contributed by atoms with Crippen molar-refractivity contribution < 1.29 is 23.9 Å². The first-order valence-electron chi connectivity index (χ1n) is 14.5. The molecule has 39 heavy (non-hydrogen) atoms. The lowest BCUT2D eigenvalue weighted by atomic mass is 9.94. The van der Waals surface area contributed by atoms with E-state index in [1.807, 2.05) is 19.9 Å². The molecule has 0 unspecified atom stereocenters. The van der Waals surface area contributed by atoms with Gasteiger partial charge in [-0.1, -0.05) is 95.4 Å². The van der Waals surface area contributed by atoms with Crippen LogP contribution in [0.5, 0.6) is 0 Å². The number of carbonyl (C=O) groups excluding carboxylic acids is 4. The van der Waals surface area contributed by atoms with Gasteiger partial charge in [0.05, 0.1) is 12.5 Å². The van der Waals surface area contributed by atoms with Crippen LogP contribution in [-0.4, -0.2) is 29.7 Å². The van der Waals surface area contributed by atoms with Crippen LogP contribution in [0.1, 0.15) is 105 Å². The van der Waals surface area contributed by atoms with Gasteiger partial charge in [-0.15, -0.1) is 0 Å². The summed E-state index contributed by atoms with van der Waals surface area (Å²) in [5.74, 6) is -1.66. The topological polar surface area (TPSA) is 89.5 Å². The maximum atomic E-state index is 12.3. The number of esters is 2. The van der Waals surface area contributed by atoms with Gasteiger partial charge in [-0.25, -0.2) is 0 Å². The third-order valence-corrected chi connectivity index (χ3v) is 5.65. The van der Waals surface area contributed by atoms with E-state index in [1.54, 1.807) is 13.8 Å². The van der Waals surface area contributed by atoms with Gasteiger partial charge in [0.1, 0.15) is 0 Å². The Morgan fingerprint density at radius 3 is 1.64 bits per heavy atom. The Hall–Kier alpha value is -3.02. The van der Waals surface area contributed by atoms with E-state index in [4.69, 9.17) is 4.74 Å².